The van der Waals surface area contributed by atoms with E-state index in [-0.39, 0.29) is 11.5 Å². The fraction of sp³-hybridized carbons (Fsp3) is 0.529. The van der Waals surface area contributed by atoms with Crippen LogP contribution in [0.3, 0.4) is 0 Å². The summed E-state index contributed by atoms with van der Waals surface area (Å²) in [6.45, 7) is 6.44. The lowest BCUT2D eigenvalue weighted by Crippen LogP contribution is -2.41. The molecule has 0 saturated heterocycles. The van der Waals surface area contributed by atoms with Crippen LogP contribution in [0.15, 0.2) is 18.2 Å². The van der Waals surface area contributed by atoms with Gasteiger partial charge in [-0.2, -0.15) is 0 Å². The van der Waals surface area contributed by atoms with Crippen molar-refractivity contribution in [3.63, 3.8) is 0 Å². The number of para-hydroxylation sites is 1. The van der Waals surface area contributed by atoms with Gasteiger partial charge < -0.3 is 9.67 Å². The highest BCUT2D eigenvalue weighted by atomic mass is 16.4. The second-order valence-electron chi connectivity index (χ2n) is 6.37. The summed E-state index contributed by atoms with van der Waals surface area (Å²) in [6, 6.07) is 5.40. The van der Waals surface area contributed by atoms with E-state index < -0.39 is 5.97 Å². The molecule has 1 N–H and O–H groups in total. The number of rotatable bonds is 4. The minimum Gasteiger partial charge on any atom is -0.478 e. The molecule has 0 radical (unpaired) electrons. The number of benzene rings is 1. The first-order valence-electron chi connectivity index (χ1n) is 7.75. The van der Waals surface area contributed by atoms with E-state index in [0.717, 1.165) is 36.1 Å². The molecule has 2 aromatic rings. The summed E-state index contributed by atoms with van der Waals surface area (Å²) in [6.07, 6.45) is 4.46. The van der Waals surface area contributed by atoms with Crippen molar-refractivity contribution in [1.29, 1.82) is 0 Å². The van der Waals surface area contributed by atoms with Crippen molar-refractivity contribution in [3.8, 4) is 0 Å². The first kappa shape index (κ1) is 14.1. The molecule has 1 aliphatic carbocycles. The predicted molar refractivity (Wildman–Crippen MR) is 82.9 cm³/mol. The van der Waals surface area contributed by atoms with Crippen molar-refractivity contribution in [3.05, 3.63) is 29.6 Å². The van der Waals surface area contributed by atoms with Crippen LogP contribution < -0.4 is 0 Å². The topological polar surface area (TPSA) is 55.1 Å². The van der Waals surface area contributed by atoms with Crippen molar-refractivity contribution < 1.29 is 9.90 Å². The van der Waals surface area contributed by atoms with Crippen molar-refractivity contribution in [2.75, 3.05) is 0 Å². The molecule has 0 atom stereocenters. The quantitative estimate of drug-likeness (QED) is 0.918. The molecule has 1 aliphatic rings. The zero-order chi connectivity index (χ0) is 15.2. The largest absolute Gasteiger partial charge is 0.478 e. The van der Waals surface area contributed by atoms with E-state index >= 15 is 0 Å². The summed E-state index contributed by atoms with van der Waals surface area (Å²) in [4.78, 5) is 16.4. The van der Waals surface area contributed by atoms with Gasteiger partial charge in [-0.15, -0.1) is 0 Å². The summed E-state index contributed by atoms with van der Waals surface area (Å²) in [5.41, 5.74) is 2.03. The maximum atomic E-state index is 11.6. The van der Waals surface area contributed by atoms with Gasteiger partial charge in [0, 0.05) is 11.5 Å². The Morgan fingerprint density at radius 3 is 2.62 bits per heavy atom. The molecule has 4 nitrogen and oxygen atoms in total. The Bertz CT molecular complexity index is 691. The maximum Gasteiger partial charge on any atom is 0.337 e. The van der Waals surface area contributed by atoms with Crippen LogP contribution in [0, 0.1) is 0 Å². The molecular formula is C17H22N2O2. The molecule has 21 heavy (non-hydrogen) atoms. The number of fused-ring (bicyclic) bond motifs is 1. The Kier molecular flexibility index (Phi) is 3.27. The van der Waals surface area contributed by atoms with E-state index in [4.69, 9.17) is 4.98 Å². The minimum atomic E-state index is -0.873. The Hall–Kier alpha value is -1.84. The van der Waals surface area contributed by atoms with Gasteiger partial charge in [0.05, 0.1) is 16.6 Å². The molecule has 3 rings (SSSR count). The molecule has 0 unspecified atom stereocenters. The van der Waals surface area contributed by atoms with Crippen LogP contribution in [0.1, 0.15) is 68.6 Å². The Labute approximate surface area is 124 Å². The molecule has 4 heteroatoms. The molecule has 112 valence electrons. The summed E-state index contributed by atoms with van der Waals surface area (Å²) < 4.78 is 2.25. The fourth-order valence-electron chi connectivity index (χ4n) is 3.50. The molecular weight excluding hydrogens is 264 g/mol. The Morgan fingerprint density at radius 2 is 2.14 bits per heavy atom. The molecule has 1 saturated carbocycles. The number of carbonyl (C=O) groups is 1. The molecule has 0 bridgehead atoms. The lowest BCUT2D eigenvalue weighted by atomic mass is 9.74. The van der Waals surface area contributed by atoms with E-state index in [0.29, 0.717) is 5.56 Å². The number of hydrogen-bond donors (Lipinski definition) is 1. The molecule has 1 aromatic heterocycles. The lowest BCUT2D eigenvalue weighted by molar-refractivity contribution is 0.0697. The number of carboxylic acids is 1. The molecule has 0 aliphatic heterocycles. The molecule has 0 amide bonds. The maximum absolute atomic E-state index is 11.6. The number of aromatic nitrogens is 2. The fourth-order valence-corrected chi connectivity index (χ4v) is 3.50. The highest BCUT2D eigenvalue weighted by Crippen LogP contribution is 2.46. The molecule has 0 spiro atoms. The number of hydrogen-bond acceptors (Lipinski definition) is 2. The van der Waals surface area contributed by atoms with Crippen LogP contribution in [0.2, 0.25) is 0 Å². The van der Waals surface area contributed by atoms with E-state index in [2.05, 4.69) is 25.3 Å². The van der Waals surface area contributed by atoms with Crippen molar-refractivity contribution in [1.82, 2.24) is 9.55 Å². The molecule has 1 heterocycles. The smallest absolute Gasteiger partial charge is 0.337 e. The highest BCUT2D eigenvalue weighted by Gasteiger charge is 2.40. The number of aromatic carboxylic acids is 1. The van der Waals surface area contributed by atoms with Crippen molar-refractivity contribution >= 4 is 17.0 Å². The van der Waals surface area contributed by atoms with Gasteiger partial charge in [0.15, 0.2) is 0 Å². The van der Waals surface area contributed by atoms with E-state index in [1.165, 1.54) is 6.42 Å². The first-order chi connectivity index (χ1) is 10.00. The van der Waals surface area contributed by atoms with Gasteiger partial charge in [-0.05, 0) is 37.8 Å². The first-order valence-corrected chi connectivity index (χ1v) is 7.75. The van der Waals surface area contributed by atoms with Crippen LogP contribution in [0.4, 0.5) is 0 Å². The van der Waals surface area contributed by atoms with Gasteiger partial charge >= 0.3 is 5.97 Å². The lowest BCUT2D eigenvalue weighted by Gasteiger charge is -2.44. The van der Waals surface area contributed by atoms with E-state index in [1.54, 1.807) is 12.1 Å². The Balaban J connectivity index is 2.38. The second kappa shape index (κ2) is 4.86. The third kappa shape index (κ3) is 1.96. The number of imidazole rings is 1. The third-order valence-corrected chi connectivity index (χ3v) is 4.87. The number of nitrogens with zero attached hydrogens (tertiary/aromatic N) is 2. The summed E-state index contributed by atoms with van der Waals surface area (Å²) in [5.74, 6) is 0.422. The van der Waals surface area contributed by atoms with Gasteiger partial charge in [0.1, 0.15) is 5.82 Å². The minimum absolute atomic E-state index is 0.0555. The van der Waals surface area contributed by atoms with Crippen molar-refractivity contribution in [2.24, 2.45) is 0 Å². The standard InChI is InChI=1S/C17H22N2O2/c1-4-17(9-6-10-17)19-14-12(16(20)21)7-5-8-13(14)18-15(19)11(2)3/h5,7-8,11H,4,6,9-10H2,1-3H3,(H,20,21). The van der Waals surface area contributed by atoms with Crippen LogP contribution in [-0.4, -0.2) is 20.6 Å². The van der Waals surface area contributed by atoms with Gasteiger partial charge in [-0.25, -0.2) is 9.78 Å². The molecule has 1 aromatic carbocycles. The monoisotopic (exact) mass is 286 g/mol. The van der Waals surface area contributed by atoms with E-state index in [1.807, 2.05) is 6.07 Å². The second-order valence-corrected chi connectivity index (χ2v) is 6.37. The van der Waals surface area contributed by atoms with Crippen molar-refractivity contribution in [2.45, 2.75) is 57.9 Å². The average Bonchev–Trinajstić information content (AvgIpc) is 2.78. The Morgan fingerprint density at radius 1 is 1.43 bits per heavy atom. The highest BCUT2D eigenvalue weighted by molar-refractivity contribution is 6.01. The predicted octanol–water partition coefficient (Wildman–Crippen LogP) is 4.15. The SMILES string of the molecule is CCC1(n2c(C(C)C)nc3cccc(C(=O)O)c32)CCC1. The van der Waals surface area contributed by atoms with Gasteiger partial charge in [0.25, 0.3) is 0 Å². The van der Waals surface area contributed by atoms with Gasteiger partial charge in [0.2, 0.25) is 0 Å². The zero-order valence-corrected chi connectivity index (χ0v) is 12.9. The van der Waals surface area contributed by atoms with Gasteiger partial charge in [-0.1, -0.05) is 26.8 Å². The van der Waals surface area contributed by atoms with Crippen LogP contribution in [0.5, 0.6) is 0 Å². The average molecular weight is 286 g/mol. The van der Waals surface area contributed by atoms with Gasteiger partial charge in [-0.3, -0.25) is 0 Å². The summed E-state index contributed by atoms with van der Waals surface area (Å²) in [5, 5.41) is 9.54. The van der Waals surface area contributed by atoms with Crippen LogP contribution in [0.25, 0.3) is 11.0 Å². The summed E-state index contributed by atoms with van der Waals surface area (Å²) >= 11 is 0. The zero-order valence-electron chi connectivity index (χ0n) is 12.9. The van der Waals surface area contributed by atoms with E-state index in [9.17, 15) is 9.90 Å². The normalized spacial score (nSPS) is 17.1. The molecule has 1 fully saturated rings. The van der Waals surface area contributed by atoms with Crippen LogP contribution >= 0.6 is 0 Å². The number of carboxylic acid groups (broad SMARTS) is 1. The third-order valence-electron chi connectivity index (χ3n) is 4.87. The summed E-state index contributed by atoms with van der Waals surface area (Å²) in [7, 11) is 0. The van der Waals surface area contributed by atoms with Crippen LogP contribution in [-0.2, 0) is 5.54 Å².